The Kier molecular flexibility index (Phi) is 22.7. The van der Waals surface area contributed by atoms with Gasteiger partial charge in [-0.15, -0.1) is 0 Å². The van der Waals surface area contributed by atoms with Gasteiger partial charge in [-0.2, -0.15) is 0 Å². The molecule has 0 aliphatic carbocycles. The molecule has 0 N–H and O–H groups in total. The molecule has 0 saturated carbocycles. The Hall–Kier alpha value is 1.36. The zero-order valence-corrected chi connectivity index (χ0v) is 19.0. The smallest absolute Gasteiger partial charge is 0.0556 e. The topological polar surface area (TPSA) is 3.24 Å². The average Bonchev–Trinajstić information content (AvgIpc) is 2.57. The maximum Gasteiger partial charge on any atom is 0.0556 e. The number of rotatable bonds is 19. The molecule has 0 bridgehead atoms. The first-order valence-corrected chi connectivity index (χ1v) is 14.5. The summed E-state index contributed by atoms with van der Waals surface area (Å²) < 4.78 is 0. The number of nitrogens with zero attached hydrogens (tertiary/aromatic N) is 1. The van der Waals surface area contributed by atoms with Crippen molar-refractivity contribution in [2.45, 2.75) is 85.0 Å². The third-order valence-electron chi connectivity index (χ3n) is 3.63. The zero-order chi connectivity index (χ0) is 17.0. The summed E-state index contributed by atoms with van der Waals surface area (Å²) in [6, 6.07) is 0. The second kappa shape index (κ2) is 21.4. The van der Waals surface area contributed by atoms with Gasteiger partial charge >= 0.3 is 0 Å². The molecular formula is C18H39NS4. The first-order valence-electron chi connectivity index (χ1n) is 9.56. The Morgan fingerprint density at radius 3 is 1.43 bits per heavy atom. The summed E-state index contributed by atoms with van der Waals surface area (Å²) in [5.41, 5.74) is 0. The molecule has 1 nitrogen and oxygen atoms in total. The monoisotopic (exact) mass is 397 g/mol. The molecule has 0 atom stereocenters. The summed E-state index contributed by atoms with van der Waals surface area (Å²) in [6.07, 6.45) is 13.7. The van der Waals surface area contributed by atoms with Crippen molar-refractivity contribution < 1.29 is 0 Å². The van der Waals surface area contributed by atoms with E-state index in [4.69, 9.17) is 0 Å². The molecule has 0 heterocycles. The molecule has 0 aliphatic rings. The first kappa shape index (κ1) is 24.4. The van der Waals surface area contributed by atoms with Crippen LogP contribution in [0.5, 0.6) is 0 Å². The Morgan fingerprint density at radius 1 is 0.522 bits per heavy atom. The van der Waals surface area contributed by atoms with Crippen LogP contribution in [0, 0.1) is 0 Å². The predicted molar refractivity (Wildman–Crippen MR) is 120 cm³/mol. The Morgan fingerprint density at radius 2 is 1.00 bits per heavy atom. The lowest BCUT2D eigenvalue weighted by molar-refractivity contribution is 0.370. The molecule has 0 fully saturated rings. The fraction of sp³-hybridized carbons (Fsp3) is 1.00. The van der Waals surface area contributed by atoms with Crippen LogP contribution in [0.15, 0.2) is 0 Å². The minimum absolute atomic E-state index is 1.20. The highest BCUT2D eigenvalue weighted by molar-refractivity contribution is 8.77. The summed E-state index contributed by atoms with van der Waals surface area (Å²) >= 11 is 0. The number of hydrogen-bond acceptors (Lipinski definition) is 5. The van der Waals surface area contributed by atoms with E-state index in [9.17, 15) is 0 Å². The third-order valence-corrected chi connectivity index (χ3v) is 8.45. The molecule has 140 valence electrons. The van der Waals surface area contributed by atoms with Gasteiger partial charge < -0.3 is 0 Å². The zero-order valence-electron chi connectivity index (χ0n) is 15.7. The van der Waals surface area contributed by atoms with Crippen molar-refractivity contribution in [1.82, 2.24) is 4.90 Å². The Labute approximate surface area is 162 Å². The van der Waals surface area contributed by atoms with Gasteiger partial charge in [0.25, 0.3) is 0 Å². The van der Waals surface area contributed by atoms with E-state index < -0.39 is 0 Å². The van der Waals surface area contributed by atoms with E-state index in [0.717, 1.165) is 0 Å². The van der Waals surface area contributed by atoms with Gasteiger partial charge in [0.15, 0.2) is 0 Å². The van der Waals surface area contributed by atoms with Crippen molar-refractivity contribution in [3.63, 3.8) is 0 Å². The van der Waals surface area contributed by atoms with Crippen LogP contribution in [-0.4, -0.2) is 34.7 Å². The summed E-state index contributed by atoms with van der Waals surface area (Å²) in [5, 5.41) is 0. The molecule has 0 rings (SSSR count). The third kappa shape index (κ3) is 19.5. The molecule has 5 heteroatoms. The molecule has 0 aromatic rings. The fourth-order valence-corrected chi connectivity index (χ4v) is 6.70. The van der Waals surface area contributed by atoms with E-state index in [1.54, 1.807) is 0 Å². The van der Waals surface area contributed by atoms with E-state index >= 15 is 0 Å². The van der Waals surface area contributed by atoms with Gasteiger partial charge in [0, 0.05) is 11.5 Å². The summed E-state index contributed by atoms with van der Waals surface area (Å²) in [5.74, 6) is 5.04. The Bertz CT molecular complexity index is 199. The SMILES string of the molecule is CCCCCCSSCN(CCCC)CSSCCCCCC. The average molecular weight is 398 g/mol. The molecule has 0 amide bonds. The fourth-order valence-electron chi connectivity index (χ4n) is 2.07. The summed E-state index contributed by atoms with van der Waals surface area (Å²) in [7, 11) is 8.28. The highest BCUT2D eigenvalue weighted by Crippen LogP contribution is 2.28. The van der Waals surface area contributed by atoms with Gasteiger partial charge in [0.05, 0.1) is 11.8 Å². The molecule has 0 saturated heterocycles. The standard InChI is InChI=1S/C18H39NS4/c1-4-7-10-12-15-20-22-17-19(14-9-6-3)18-23-21-16-13-11-8-5-2/h4-18H2,1-3H3. The van der Waals surface area contributed by atoms with Crippen LogP contribution in [0.25, 0.3) is 0 Å². The minimum atomic E-state index is 1.20. The van der Waals surface area contributed by atoms with Gasteiger partial charge in [0.1, 0.15) is 0 Å². The van der Waals surface area contributed by atoms with Crippen LogP contribution < -0.4 is 0 Å². The van der Waals surface area contributed by atoms with E-state index in [0.29, 0.717) is 0 Å². The Balaban J connectivity index is 3.56. The lowest BCUT2D eigenvalue weighted by atomic mass is 10.2. The molecule has 0 aromatic carbocycles. The van der Waals surface area contributed by atoms with Crippen molar-refractivity contribution in [2.24, 2.45) is 0 Å². The lowest BCUT2D eigenvalue weighted by Gasteiger charge is -2.20. The van der Waals surface area contributed by atoms with Crippen LogP contribution in [0.4, 0.5) is 0 Å². The van der Waals surface area contributed by atoms with Crippen LogP contribution in [0.2, 0.25) is 0 Å². The van der Waals surface area contributed by atoms with Crippen molar-refractivity contribution in [2.75, 3.05) is 29.8 Å². The summed E-state index contributed by atoms with van der Waals surface area (Å²) in [6.45, 7) is 8.13. The number of hydrogen-bond donors (Lipinski definition) is 0. The van der Waals surface area contributed by atoms with E-state index in [-0.39, 0.29) is 0 Å². The van der Waals surface area contributed by atoms with Crippen molar-refractivity contribution in [3.05, 3.63) is 0 Å². The van der Waals surface area contributed by atoms with Crippen LogP contribution in [0.3, 0.4) is 0 Å². The van der Waals surface area contributed by atoms with Gasteiger partial charge in [-0.1, -0.05) is 109 Å². The molecule has 23 heavy (non-hydrogen) atoms. The normalized spacial score (nSPS) is 11.5. The number of unbranched alkanes of at least 4 members (excludes halogenated alkanes) is 7. The summed E-state index contributed by atoms with van der Waals surface area (Å²) in [4.78, 5) is 2.64. The van der Waals surface area contributed by atoms with Gasteiger partial charge in [-0.3, -0.25) is 4.90 Å². The van der Waals surface area contributed by atoms with Crippen LogP contribution >= 0.6 is 43.2 Å². The lowest BCUT2D eigenvalue weighted by Crippen LogP contribution is -2.23. The van der Waals surface area contributed by atoms with Crippen molar-refractivity contribution >= 4 is 43.2 Å². The quantitative estimate of drug-likeness (QED) is 0.123. The molecule has 0 unspecified atom stereocenters. The molecule has 0 aliphatic heterocycles. The van der Waals surface area contributed by atoms with Crippen LogP contribution in [-0.2, 0) is 0 Å². The van der Waals surface area contributed by atoms with E-state index in [2.05, 4.69) is 68.8 Å². The van der Waals surface area contributed by atoms with Gasteiger partial charge in [-0.05, 0) is 25.8 Å². The van der Waals surface area contributed by atoms with Crippen LogP contribution in [0.1, 0.15) is 85.0 Å². The van der Waals surface area contributed by atoms with E-state index in [1.165, 1.54) is 94.0 Å². The molecule has 0 aromatic heterocycles. The molecule has 0 radical (unpaired) electrons. The van der Waals surface area contributed by atoms with Crippen molar-refractivity contribution in [1.29, 1.82) is 0 Å². The minimum Gasteiger partial charge on any atom is -0.283 e. The largest absolute Gasteiger partial charge is 0.283 e. The van der Waals surface area contributed by atoms with Gasteiger partial charge in [0.2, 0.25) is 0 Å². The molecule has 0 spiro atoms. The molecular weight excluding hydrogens is 358 g/mol. The van der Waals surface area contributed by atoms with Crippen molar-refractivity contribution in [3.8, 4) is 0 Å². The van der Waals surface area contributed by atoms with E-state index in [1.807, 2.05) is 0 Å². The highest BCUT2D eigenvalue weighted by atomic mass is 33.1. The highest BCUT2D eigenvalue weighted by Gasteiger charge is 2.05. The predicted octanol–water partition coefficient (Wildman–Crippen LogP) is 7.93. The maximum absolute atomic E-state index is 2.64. The van der Waals surface area contributed by atoms with Gasteiger partial charge in [-0.25, -0.2) is 0 Å². The maximum atomic E-state index is 2.64. The second-order valence-corrected chi connectivity index (χ2v) is 11.1. The first-order chi connectivity index (χ1) is 11.3. The second-order valence-electron chi connectivity index (χ2n) is 6.01.